The normalized spacial score (nSPS) is 20.5. The number of nitrogens with zero attached hydrogens (tertiary/aromatic N) is 2. The Bertz CT molecular complexity index is 741. The van der Waals surface area contributed by atoms with E-state index in [1.54, 1.807) is 24.3 Å². The minimum absolute atomic E-state index is 0.0356. The number of rotatable bonds is 4. The monoisotopic (exact) mass is 309 g/mol. The molecule has 0 aliphatic carbocycles. The van der Waals surface area contributed by atoms with Gasteiger partial charge in [-0.3, -0.25) is 0 Å². The van der Waals surface area contributed by atoms with E-state index < -0.39 is 9.84 Å². The van der Waals surface area contributed by atoms with Crippen LogP contribution in [0.4, 0.5) is 11.7 Å². The van der Waals surface area contributed by atoms with Gasteiger partial charge in [-0.15, -0.1) is 5.10 Å². The Kier molecular flexibility index (Phi) is 3.54. The first-order valence-electron chi connectivity index (χ1n) is 6.60. The Morgan fingerprint density at radius 1 is 1.33 bits per heavy atom. The molecule has 1 fully saturated rings. The molecule has 1 atom stereocenters. The standard InChI is InChI=1S/C13H15N3O4S/c17-11-4-2-1-3-10(11)14-13-16-15-12(20-13)7-9-5-6-21(18,19)8-9/h1-4,9,17H,5-8H2,(H,14,16). The summed E-state index contributed by atoms with van der Waals surface area (Å²) in [5.41, 5.74) is 0.469. The number of hydrogen-bond acceptors (Lipinski definition) is 7. The molecule has 1 unspecified atom stereocenters. The lowest BCUT2D eigenvalue weighted by Gasteiger charge is -2.03. The zero-order valence-corrected chi connectivity index (χ0v) is 12.0. The van der Waals surface area contributed by atoms with E-state index in [1.165, 1.54) is 0 Å². The zero-order chi connectivity index (χ0) is 14.9. The van der Waals surface area contributed by atoms with Gasteiger partial charge in [-0.2, -0.15) is 0 Å². The van der Waals surface area contributed by atoms with Gasteiger partial charge < -0.3 is 14.8 Å². The van der Waals surface area contributed by atoms with Gasteiger partial charge in [-0.25, -0.2) is 8.42 Å². The molecule has 112 valence electrons. The van der Waals surface area contributed by atoms with Gasteiger partial charge in [0.25, 0.3) is 0 Å². The molecule has 2 heterocycles. The minimum Gasteiger partial charge on any atom is -0.506 e. The maximum absolute atomic E-state index is 11.4. The minimum atomic E-state index is -2.90. The van der Waals surface area contributed by atoms with E-state index >= 15 is 0 Å². The number of benzene rings is 1. The maximum Gasteiger partial charge on any atom is 0.320 e. The molecule has 21 heavy (non-hydrogen) atoms. The lowest BCUT2D eigenvalue weighted by atomic mass is 10.1. The van der Waals surface area contributed by atoms with Crippen LogP contribution in [0.3, 0.4) is 0 Å². The number of aromatic nitrogens is 2. The van der Waals surface area contributed by atoms with Crippen LogP contribution in [0.15, 0.2) is 28.7 Å². The molecule has 0 amide bonds. The highest BCUT2D eigenvalue weighted by Gasteiger charge is 2.29. The molecule has 0 bridgehead atoms. The van der Waals surface area contributed by atoms with E-state index in [0.29, 0.717) is 24.4 Å². The highest BCUT2D eigenvalue weighted by molar-refractivity contribution is 7.91. The van der Waals surface area contributed by atoms with Gasteiger partial charge in [0.05, 0.1) is 17.2 Å². The first-order chi connectivity index (χ1) is 10.0. The van der Waals surface area contributed by atoms with Crippen LogP contribution in [0.5, 0.6) is 5.75 Å². The van der Waals surface area contributed by atoms with E-state index in [1.807, 2.05) is 0 Å². The first-order valence-corrected chi connectivity index (χ1v) is 8.42. The highest BCUT2D eigenvalue weighted by atomic mass is 32.2. The third kappa shape index (κ3) is 3.33. The van der Waals surface area contributed by atoms with Gasteiger partial charge in [-0.1, -0.05) is 17.2 Å². The van der Waals surface area contributed by atoms with Crippen molar-refractivity contribution in [3.63, 3.8) is 0 Å². The summed E-state index contributed by atoms with van der Waals surface area (Å²) in [4.78, 5) is 0. The maximum atomic E-state index is 11.4. The predicted octanol–water partition coefficient (Wildman–Crippen LogP) is 1.50. The predicted molar refractivity (Wildman–Crippen MR) is 76.2 cm³/mol. The highest BCUT2D eigenvalue weighted by Crippen LogP contribution is 2.26. The molecule has 0 radical (unpaired) electrons. The van der Waals surface area contributed by atoms with Gasteiger partial charge >= 0.3 is 6.01 Å². The van der Waals surface area contributed by atoms with Crippen molar-refractivity contribution in [2.45, 2.75) is 12.8 Å². The summed E-state index contributed by atoms with van der Waals surface area (Å²) in [6.07, 6.45) is 1.08. The summed E-state index contributed by atoms with van der Waals surface area (Å²) in [6, 6.07) is 6.88. The SMILES string of the molecule is O=S1(=O)CCC(Cc2nnc(Nc3ccccc3O)o2)C1. The second kappa shape index (κ2) is 5.36. The molecule has 0 spiro atoms. The Balaban J connectivity index is 1.66. The van der Waals surface area contributed by atoms with Crippen molar-refractivity contribution in [3.8, 4) is 5.75 Å². The van der Waals surface area contributed by atoms with Crippen LogP contribution in [0.25, 0.3) is 0 Å². The fourth-order valence-corrected chi connectivity index (χ4v) is 4.22. The Hall–Kier alpha value is -2.09. The Morgan fingerprint density at radius 2 is 2.14 bits per heavy atom. The van der Waals surface area contributed by atoms with Crippen LogP contribution in [0.2, 0.25) is 0 Å². The van der Waals surface area contributed by atoms with Crippen LogP contribution < -0.4 is 5.32 Å². The summed E-state index contributed by atoms with van der Waals surface area (Å²) >= 11 is 0. The molecule has 1 aliphatic rings. The summed E-state index contributed by atoms with van der Waals surface area (Å²) in [5.74, 6) is 0.925. The summed E-state index contributed by atoms with van der Waals surface area (Å²) < 4.78 is 28.2. The van der Waals surface area contributed by atoms with E-state index in [0.717, 1.165) is 0 Å². The van der Waals surface area contributed by atoms with Crippen LogP contribution >= 0.6 is 0 Å². The Morgan fingerprint density at radius 3 is 2.86 bits per heavy atom. The van der Waals surface area contributed by atoms with Gasteiger partial charge in [0, 0.05) is 6.42 Å². The van der Waals surface area contributed by atoms with Crippen molar-refractivity contribution in [3.05, 3.63) is 30.2 Å². The van der Waals surface area contributed by atoms with Gasteiger partial charge in [-0.05, 0) is 24.5 Å². The fraction of sp³-hybridized carbons (Fsp3) is 0.385. The number of para-hydroxylation sites is 2. The van der Waals surface area contributed by atoms with Gasteiger partial charge in [0.2, 0.25) is 5.89 Å². The molecule has 1 aromatic heterocycles. The van der Waals surface area contributed by atoms with Crippen molar-refractivity contribution >= 4 is 21.5 Å². The molecule has 0 saturated carbocycles. The number of aromatic hydroxyl groups is 1. The van der Waals surface area contributed by atoms with Crippen molar-refractivity contribution in [1.29, 1.82) is 0 Å². The molecule has 2 aromatic rings. The zero-order valence-electron chi connectivity index (χ0n) is 11.2. The van der Waals surface area contributed by atoms with Gasteiger partial charge in [0.1, 0.15) is 5.75 Å². The average Bonchev–Trinajstić information content (AvgIpc) is 2.99. The van der Waals surface area contributed by atoms with Crippen LogP contribution in [-0.4, -0.2) is 35.2 Å². The van der Waals surface area contributed by atoms with Gasteiger partial charge in [0.15, 0.2) is 9.84 Å². The molecule has 1 aliphatic heterocycles. The number of phenols is 1. The summed E-state index contributed by atoms with van der Waals surface area (Å²) in [5, 5.41) is 20.2. The smallest absolute Gasteiger partial charge is 0.320 e. The molecule has 3 rings (SSSR count). The molecule has 8 heteroatoms. The molecule has 2 N–H and O–H groups in total. The van der Waals surface area contributed by atoms with Crippen molar-refractivity contribution in [1.82, 2.24) is 10.2 Å². The fourth-order valence-electron chi connectivity index (χ4n) is 2.36. The molecule has 1 saturated heterocycles. The van der Waals surface area contributed by atoms with E-state index in [2.05, 4.69) is 15.5 Å². The van der Waals surface area contributed by atoms with Crippen molar-refractivity contribution in [2.24, 2.45) is 5.92 Å². The molecular formula is C13H15N3O4S. The van der Waals surface area contributed by atoms with E-state index in [4.69, 9.17) is 4.42 Å². The lowest BCUT2D eigenvalue weighted by molar-refractivity contribution is 0.454. The number of phenolic OH excluding ortho intramolecular Hbond substituents is 1. The summed E-state index contributed by atoms with van der Waals surface area (Å²) in [7, 11) is -2.90. The quantitative estimate of drug-likeness (QED) is 0.824. The van der Waals surface area contributed by atoms with E-state index in [9.17, 15) is 13.5 Å². The topological polar surface area (TPSA) is 105 Å². The summed E-state index contributed by atoms with van der Waals surface area (Å²) in [6.45, 7) is 0. The van der Waals surface area contributed by atoms with E-state index in [-0.39, 0.29) is 29.2 Å². The second-order valence-electron chi connectivity index (χ2n) is 5.12. The molecule has 7 nitrogen and oxygen atoms in total. The first kappa shape index (κ1) is 13.9. The van der Waals surface area contributed by atoms with Crippen molar-refractivity contribution < 1.29 is 17.9 Å². The molecule has 1 aromatic carbocycles. The third-order valence-electron chi connectivity index (χ3n) is 3.40. The average molecular weight is 309 g/mol. The number of nitrogens with one attached hydrogen (secondary N) is 1. The Labute approximate surface area is 121 Å². The third-order valence-corrected chi connectivity index (χ3v) is 5.24. The number of hydrogen-bond donors (Lipinski definition) is 2. The van der Waals surface area contributed by atoms with Crippen LogP contribution in [-0.2, 0) is 16.3 Å². The van der Waals surface area contributed by atoms with Crippen LogP contribution in [0.1, 0.15) is 12.3 Å². The van der Waals surface area contributed by atoms with Crippen LogP contribution in [0, 0.1) is 5.92 Å². The lowest BCUT2D eigenvalue weighted by Crippen LogP contribution is -2.07. The second-order valence-corrected chi connectivity index (χ2v) is 7.35. The number of sulfone groups is 1. The number of anilines is 2. The largest absolute Gasteiger partial charge is 0.506 e. The van der Waals surface area contributed by atoms with Crippen molar-refractivity contribution in [2.75, 3.05) is 16.8 Å². The molecular weight excluding hydrogens is 294 g/mol.